The number of ether oxygens (including phenoxy) is 1. The molecule has 2 saturated carbocycles. The molecule has 9 nitrogen and oxygen atoms in total. The molecule has 0 bridgehead atoms. The highest BCUT2D eigenvalue weighted by atomic mass is 35.5. The Bertz CT molecular complexity index is 987. The van der Waals surface area contributed by atoms with E-state index in [1.54, 1.807) is 6.92 Å². The zero-order valence-corrected chi connectivity index (χ0v) is 18.6. The fraction of sp³-hybridized carbons (Fsp3) is 0.684. The molecular formula is C19H26ClN5O4S. The lowest BCUT2D eigenvalue weighted by molar-refractivity contribution is 0.0948. The van der Waals surface area contributed by atoms with Crippen molar-refractivity contribution in [3.8, 4) is 0 Å². The summed E-state index contributed by atoms with van der Waals surface area (Å²) in [5.41, 5.74) is 0. The maximum atomic E-state index is 13.2. The van der Waals surface area contributed by atoms with E-state index in [-0.39, 0.29) is 30.1 Å². The van der Waals surface area contributed by atoms with Gasteiger partial charge in [0.2, 0.25) is 0 Å². The second-order valence-electron chi connectivity index (χ2n) is 8.22. The summed E-state index contributed by atoms with van der Waals surface area (Å²) < 4.78 is 33.9. The smallest absolute Gasteiger partial charge is 0.163 e. The molecule has 4 rings (SSSR count). The molecule has 0 unspecified atom stereocenters. The Morgan fingerprint density at radius 3 is 2.50 bits per heavy atom. The summed E-state index contributed by atoms with van der Waals surface area (Å²) in [6.45, 7) is 1.77. The van der Waals surface area contributed by atoms with Crippen LogP contribution in [0.4, 0.5) is 0 Å². The summed E-state index contributed by atoms with van der Waals surface area (Å²) >= 11 is 5.84. The molecule has 0 aromatic carbocycles. The van der Waals surface area contributed by atoms with Crippen LogP contribution in [-0.2, 0) is 20.3 Å². The minimum atomic E-state index is -3.63. The van der Waals surface area contributed by atoms with Crippen molar-refractivity contribution in [1.29, 1.82) is 0 Å². The molecule has 1 N–H and O–H groups in total. The van der Waals surface area contributed by atoms with Gasteiger partial charge < -0.3 is 14.4 Å². The van der Waals surface area contributed by atoms with Crippen LogP contribution in [0.1, 0.15) is 68.1 Å². The van der Waals surface area contributed by atoms with Crippen molar-refractivity contribution >= 4 is 21.4 Å². The molecule has 0 saturated heterocycles. The Morgan fingerprint density at radius 1 is 1.27 bits per heavy atom. The van der Waals surface area contributed by atoms with Crippen molar-refractivity contribution in [3.63, 3.8) is 0 Å². The van der Waals surface area contributed by atoms with E-state index in [1.807, 2.05) is 4.57 Å². The molecule has 0 radical (unpaired) electrons. The largest absolute Gasteiger partial charge is 0.396 e. The predicted molar refractivity (Wildman–Crippen MR) is 110 cm³/mol. The molecule has 30 heavy (non-hydrogen) atoms. The Morgan fingerprint density at radius 2 is 1.93 bits per heavy atom. The van der Waals surface area contributed by atoms with E-state index in [4.69, 9.17) is 16.3 Å². The van der Waals surface area contributed by atoms with Gasteiger partial charge in [-0.05, 0) is 38.5 Å². The normalized spacial score (nSPS) is 23.7. The zero-order valence-electron chi connectivity index (χ0n) is 17.0. The molecule has 0 spiro atoms. The number of aromatic nitrogens is 5. The van der Waals surface area contributed by atoms with E-state index in [9.17, 15) is 13.5 Å². The van der Waals surface area contributed by atoms with Crippen LogP contribution in [-0.4, -0.2) is 57.2 Å². The number of rotatable bonds is 9. The standard InChI is InChI=1S/C19H26ClN5O4S/c1-11(17(29-2)18-21-7-14(20)8-22-18)30(27,28)10-16-23-24-19(25(16)15-3-4-15)13-5-12(6-13)9-26/h7-8,11-13,15,17,26H,3-6,9-10H2,1-2H3/t11-,12?,13?,17-/m0/s1. The summed E-state index contributed by atoms with van der Waals surface area (Å²) in [6, 6.07) is 0.265. The van der Waals surface area contributed by atoms with Gasteiger partial charge in [-0.25, -0.2) is 18.4 Å². The molecule has 0 aliphatic heterocycles. The molecule has 2 aromatic rings. The number of aliphatic hydroxyl groups excluding tert-OH is 1. The fourth-order valence-electron chi connectivity index (χ4n) is 4.02. The number of hydrogen-bond acceptors (Lipinski definition) is 8. The molecule has 2 fully saturated rings. The molecule has 0 amide bonds. The van der Waals surface area contributed by atoms with Crippen LogP contribution in [0.3, 0.4) is 0 Å². The third-order valence-corrected chi connectivity index (χ3v) is 8.27. The summed E-state index contributed by atoms with van der Waals surface area (Å²) in [5, 5.41) is 17.4. The third kappa shape index (κ3) is 4.23. The highest BCUT2D eigenvalue weighted by molar-refractivity contribution is 7.91. The van der Waals surface area contributed by atoms with Gasteiger partial charge in [-0.1, -0.05) is 11.6 Å². The van der Waals surface area contributed by atoms with Crippen molar-refractivity contribution in [2.75, 3.05) is 13.7 Å². The second-order valence-corrected chi connectivity index (χ2v) is 11.0. The van der Waals surface area contributed by atoms with Crippen molar-refractivity contribution < 1.29 is 18.3 Å². The number of methoxy groups -OCH3 is 1. The van der Waals surface area contributed by atoms with E-state index < -0.39 is 21.2 Å². The van der Waals surface area contributed by atoms with Gasteiger partial charge in [0.1, 0.15) is 23.5 Å². The maximum absolute atomic E-state index is 13.2. The fourth-order valence-corrected chi connectivity index (χ4v) is 5.54. The van der Waals surface area contributed by atoms with Gasteiger partial charge in [0.15, 0.2) is 15.7 Å². The number of nitrogens with zero attached hydrogens (tertiary/aromatic N) is 5. The molecule has 2 aromatic heterocycles. The molecule has 164 valence electrons. The van der Waals surface area contributed by atoms with Gasteiger partial charge in [0.05, 0.1) is 10.3 Å². The molecule has 2 aliphatic rings. The number of hydrogen-bond donors (Lipinski definition) is 1. The van der Waals surface area contributed by atoms with Crippen LogP contribution in [0.2, 0.25) is 5.02 Å². The lowest BCUT2D eigenvalue weighted by Crippen LogP contribution is -2.30. The minimum absolute atomic E-state index is 0.179. The van der Waals surface area contributed by atoms with Crippen LogP contribution >= 0.6 is 11.6 Å². The van der Waals surface area contributed by atoms with Gasteiger partial charge >= 0.3 is 0 Å². The Kier molecular flexibility index (Phi) is 6.11. The van der Waals surface area contributed by atoms with E-state index in [1.165, 1.54) is 19.5 Å². The number of halogens is 1. The summed E-state index contributed by atoms with van der Waals surface area (Å²) in [5.74, 6) is 1.91. The predicted octanol–water partition coefficient (Wildman–Crippen LogP) is 2.23. The van der Waals surface area contributed by atoms with Gasteiger partial charge in [0, 0.05) is 38.1 Å². The Hall–Kier alpha value is -1.62. The lowest BCUT2D eigenvalue weighted by atomic mass is 9.75. The number of aliphatic hydroxyl groups is 1. The quantitative estimate of drug-likeness (QED) is 0.611. The molecule has 2 heterocycles. The Labute approximate surface area is 180 Å². The zero-order chi connectivity index (χ0) is 21.5. The Balaban J connectivity index is 1.55. The van der Waals surface area contributed by atoms with Crippen molar-refractivity contribution in [2.45, 2.75) is 61.7 Å². The van der Waals surface area contributed by atoms with Crippen molar-refractivity contribution in [2.24, 2.45) is 5.92 Å². The molecule has 11 heteroatoms. The maximum Gasteiger partial charge on any atom is 0.163 e. The molecule has 2 atom stereocenters. The first kappa shape index (κ1) is 21.6. The van der Waals surface area contributed by atoms with Crippen LogP contribution in [0, 0.1) is 5.92 Å². The van der Waals surface area contributed by atoms with Crippen LogP contribution in [0.5, 0.6) is 0 Å². The van der Waals surface area contributed by atoms with E-state index >= 15 is 0 Å². The average Bonchev–Trinajstić information content (AvgIpc) is 3.44. The third-order valence-electron chi connectivity index (χ3n) is 6.04. The van der Waals surface area contributed by atoms with Gasteiger partial charge in [-0.2, -0.15) is 0 Å². The highest BCUT2D eigenvalue weighted by Gasteiger charge is 2.40. The van der Waals surface area contributed by atoms with Crippen LogP contribution < -0.4 is 0 Å². The van der Waals surface area contributed by atoms with E-state index in [0.717, 1.165) is 31.5 Å². The topological polar surface area (TPSA) is 120 Å². The minimum Gasteiger partial charge on any atom is -0.396 e. The van der Waals surface area contributed by atoms with Crippen LogP contribution in [0.15, 0.2) is 12.4 Å². The molecular weight excluding hydrogens is 430 g/mol. The highest BCUT2D eigenvalue weighted by Crippen LogP contribution is 2.45. The summed E-state index contributed by atoms with van der Waals surface area (Å²) in [4.78, 5) is 8.24. The van der Waals surface area contributed by atoms with Crippen LogP contribution in [0.25, 0.3) is 0 Å². The number of sulfone groups is 1. The van der Waals surface area contributed by atoms with Gasteiger partial charge in [-0.3, -0.25) is 0 Å². The first-order chi connectivity index (χ1) is 14.3. The second kappa shape index (κ2) is 8.49. The van der Waals surface area contributed by atoms with Crippen molar-refractivity contribution in [3.05, 3.63) is 34.9 Å². The summed E-state index contributed by atoms with van der Waals surface area (Å²) in [7, 11) is -2.19. The van der Waals surface area contributed by atoms with Gasteiger partial charge in [-0.15, -0.1) is 10.2 Å². The van der Waals surface area contributed by atoms with E-state index in [2.05, 4.69) is 20.2 Å². The SMILES string of the molecule is CO[C@H](c1ncc(Cl)cn1)[C@H](C)S(=O)(=O)Cc1nnc(C2CC(CO)C2)n1C1CC1. The summed E-state index contributed by atoms with van der Waals surface area (Å²) in [6.07, 6.45) is 5.76. The van der Waals surface area contributed by atoms with E-state index in [0.29, 0.717) is 16.8 Å². The lowest BCUT2D eigenvalue weighted by Gasteiger charge is -2.33. The molecule has 2 aliphatic carbocycles. The average molecular weight is 456 g/mol. The van der Waals surface area contributed by atoms with Crippen molar-refractivity contribution in [1.82, 2.24) is 24.7 Å². The first-order valence-electron chi connectivity index (χ1n) is 10.1. The monoisotopic (exact) mass is 455 g/mol. The van der Waals surface area contributed by atoms with Gasteiger partial charge in [0.25, 0.3) is 0 Å². The first-order valence-corrected chi connectivity index (χ1v) is 12.2.